The van der Waals surface area contributed by atoms with Crippen molar-refractivity contribution in [3.05, 3.63) is 60.0 Å². The van der Waals surface area contributed by atoms with Gasteiger partial charge in [-0.2, -0.15) is 4.42 Å². The van der Waals surface area contributed by atoms with Crippen LogP contribution < -0.4 is 4.42 Å². The highest BCUT2D eigenvalue weighted by molar-refractivity contribution is 6.36. The van der Waals surface area contributed by atoms with Crippen LogP contribution in [0.5, 0.6) is 0 Å². The van der Waals surface area contributed by atoms with E-state index >= 15 is 0 Å². The molecule has 0 aliphatic heterocycles. The zero-order chi connectivity index (χ0) is 18.7. The number of rotatable bonds is 7. The minimum atomic E-state index is -0.871. The maximum absolute atomic E-state index is 12.8. The number of halogens is 2. The first-order chi connectivity index (χ1) is 12.5. The van der Waals surface area contributed by atoms with Gasteiger partial charge in [-0.15, -0.1) is 6.58 Å². The van der Waals surface area contributed by atoms with Crippen LogP contribution >= 0.6 is 23.4 Å². The zero-order valence-electron chi connectivity index (χ0n) is 13.7. The monoisotopic (exact) mass is 394 g/mol. The van der Waals surface area contributed by atoms with E-state index in [4.69, 9.17) is 32.6 Å². The highest BCUT2D eigenvalue weighted by Gasteiger charge is 2.32. The van der Waals surface area contributed by atoms with E-state index in [0.717, 1.165) is 17.3 Å². The summed E-state index contributed by atoms with van der Waals surface area (Å²) < 4.78 is 11.0. The molecule has 0 saturated heterocycles. The number of aromatic nitrogens is 1. The Kier molecular flexibility index (Phi) is 5.64. The number of alkyl halides is 1. The van der Waals surface area contributed by atoms with Crippen LogP contribution in [0.15, 0.2) is 47.6 Å². The highest BCUT2D eigenvalue weighted by Crippen LogP contribution is 2.42. The second-order valence-corrected chi connectivity index (χ2v) is 6.68. The third kappa shape index (κ3) is 4.08. The van der Waals surface area contributed by atoms with Crippen molar-refractivity contribution >= 4 is 40.9 Å². The number of hydrogen-bond acceptors (Lipinski definition) is 5. The summed E-state index contributed by atoms with van der Waals surface area (Å²) in [6.07, 6.45) is 4.36. The fourth-order valence-corrected chi connectivity index (χ4v) is 2.77. The molecule has 1 aromatic carbocycles. The minimum absolute atomic E-state index is 0.240. The van der Waals surface area contributed by atoms with Gasteiger partial charge >= 0.3 is 6.09 Å². The fourth-order valence-electron chi connectivity index (χ4n) is 2.42. The molecule has 136 valence electrons. The van der Waals surface area contributed by atoms with Gasteiger partial charge in [0.1, 0.15) is 0 Å². The Hall–Kier alpha value is -2.31. The number of amides is 1. The van der Waals surface area contributed by atoms with Crippen LogP contribution in [0.2, 0.25) is 0 Å². The molecule has 1 saturated carbocycles. The molecule has 1 atom stereocenters. The van der Waals surface area contributed by atoms with Crippen LogP contribution in [0.4, 0.5) is 10.5 Å². The van der Waals surface area contributed by atoms with Gasteiger partial charge in [0.05, 0.1) is 17.4 Å². The van der Waals surface area contributed by atoms with E-state index in [9.17, 15) is 9.59 Å². The van der Waals surface area contributed by atoms with Gasteiger partial charge < -0.3 is 9.26 Å². The van der Waals surface area contributed by atoms with E-state index in [2.05, 4.69) is 11.7 Å². The Bertz CT molecular complexity index is 832. The molecule has 1 unspecified atom stereocenters. The third-order valence-electron chi connectivity index (χ3n) is 3.87. The Labute approximate surface area is 160 Å². The predicted octanol–water partition coefficient (Wildman–Crippen LogP) is 5.02. The van der Waals surface area contributed by atoms with E-state index in [1.54, 1.807) is 18.2 Å². The molecule has 3 rings (SSSR count). The number of hydrogen-bond donors (Lipinski definition) is 0. The van der Waals surface area contributed by atoms with Crippen molar-refractivity contribution in [1.82, 2.24) is 5.16 Å². The van der Waals surface area contributed by atoms with Gasteiger partial charge in [0.2, 0.25) is 0 Å². The summed E-state index contributed by atoms with van der Waals surface area (Å²) in [7, 11) is 0. The lowest BCUT2D eigenvalue weighted by molar-refractivity contribution is 0.103. The van der Waals surface area contributed by atoms with Crippen LogP contribution in [0.1, 0.15) is 46.9 Å². The van der Waals surface area contributed by atoms with Crippen molar-refractivity contribution in [2.75, 3.05) is 4.42 Å². The fraction of sp³-hybridized carbons (Fsp3) is 0.278. The number of ketones is 1. The number of carbonyl (C=O) groups excluding carboxylic acids is 2. The van der Waals surface area contributed by atoms with Crippen molar-refractivity contribution in [2.45, 2.75) is 30.7 Å². The molecule has 1 amide bonds. The molecule has 6 nitrogen and oxygen atoms in total. The van der Waals surface area contributed by atoms with Crippen LogP contribution in [-0.2, 0) is 4.74 Å². The van der Waals surface area contributed by atoms with E-state index in [1.807, 2.05) is 0 Å². The van der Waals surface area contributed by atoms with Crippen LogP contribution in [0, 0.1) is 0 Å². The van der Waals surface area contributed by atoms with Crippen LogP contribution in [0.3, 0.4) is 0 Å². The van der Waals surface area contributed by atoms with E-state index in [0.29, 0.717) is 16.9 Å². The standard InChI is InChI=1S/C18H16Cl2N2O4/c1-2-4-15(19)25-18(24)22(20)13-6-3-5-12(9-13)16(23)14-10-21-26-17(14)11-7-8-11/h2-3,5-6,9-11,15H,1,4,7-8H2. The molecule has 1 aromatic heterocycles. The van der Waals surface area contributed by atoms with Crippen molar-refractivity contribution in [3.8, 4) is 0 Å². The lowest BCUT2D eigenvalue weighted by Crippen LogP contribution is -2.25. The van der Waals surface area contributed by atoms with Gasteiger partial charge in [0.15, 0.2) is 17.1 Å². The molecule has 1 aliphatic rings. The number of ether oxygens (including phenoxy) is 1. The highest BCUT2D eigenvalue weighted by atomic mass is 35.5. The minimum Gasteiger partial charge on any atom is -0.428 e. The summed E-state index contributed by atoms with van der Waals surface area (Å²) in [6, 6.07) is 6.33. The molecular formula is C18H16Cl2N2O4. The molecule has 0 N–H and O–H groups in total. The Morgan fingerprint density at radius 1 is 1.46 bits per heavy atom. The molecule has 1 heterocycles. The normalized spacial score (nSPS) is 14.5. The van der Waals surface area contributed by atoms with Crippen molar-refractivity contribution in [2.24, 2.45) is 0 Å². The van der Waals surface area contributed by atoms with Crippen molar-refractivity contribution in [3.63, 3.8) is 0 Å². The Morgan fingerprint density at radius 2 is 2.23 bits per heavy atom. The lowest BCUT2D eigenvalue weighted by Gasteiger charge is -2.16. The SMILES string of the molecule is C=CCC(Cl)OC(=O)N(Cl)c1cccc(C(=O)c2cnoc2C2CC2)c1. The van der Waals surface area contributed by atoms with E-state index in [-0.39, 0.29) is 23.8 Å². The zero-order valence-corrected chi connectivity index (χ0v) is 15.2. The van der Waals surface area contributed by atoms with Crippen LogP contribution in [0.25, 0.3) is 0 Å². The third-order valence-corrected chi connectivity index (χ3v) is 4.47. The largest absolute Gasteiger partial charge is 0.430 e. The lowest BCUT2D eigenvalue weighted by atomic mass is 10.0. The van der Waals surface area contributed by atoms with Gasteiger partial charge in [-0.3, -0.25) is 4.79 Å². The molecular weight excluding hydrogens is 379 g/mol. The first kappa shape index (κ1) is 18.5. The van der Waals surface area contributed by atoms with Gasteiger partial charge in [-0.25, -0.2) is 4.79 Å². The average Bonchev–Trinajstić information content (AvgIpc) is 3.37. The number of benzene rings is 1. The van der Waals surface area contributed by atoms with Crippen molar-refractivity contribution < 1.29 is 18.8 Å². The predicted molar refractivity (Wildman–Crippen MR) is 97.6 cm³/mol. The molecule has 8 heteroatoms. The Morgan fingerprint density at radius 3 is 2.92 bits per heavy atom. The quantitative estimate of drug-likeness (QED) is 0.285. The van der Waals surface area contributed by atoms with E-state index in [1.165, 1.54) is 18.3 Å². The maximum Gasteiger partial charge on any atom is 0.430 e. The summed E-state index contributed by atoms with van der Waals surface area (Å²) in [6.45, 7) is 3.52. The number of nitrogens with zero attached hydrogens (tertiary/aromatic N) is 2. The molecule has 26 heavy (non-hydrogen) atoms. The second kappa shape index (κ2) is 7.93. The van der Waals surface area contributed by atoms with Gasteiger partial charge in [-0.1, -0.05) is 35.0 Å². The average molecular weight is 395 g/mol. The first-order valence-electron chi connectivity index (χ1n) is 8.02. The van der Waals surface area contributed by atoms with Gasteiger partial charge in [0, 0.05) is 29.7 Å². The summed E-state index contributed by atoms with van der Waals surface area (Å²) in [5, 5.41) is 3.74. The van der Waals surface area contributed by atoms with Crippen molar-refractivity contribution in [1.29, 1.82) is 0 Å². The smallest absolute Gasteiger partial charge is 0.428 e. The second-order valence-electron chi connectivity index (χ2n) is 5.86. The molecule has 0 bridgehead atoms. The maximum atomic E-state index is 12.8. The molecule has 0 radical (unpaired) electrons. The summed E-state index contributed by atoms with van der Waals surface area (Å²) in [4.78, 5) is 24.8. The number of carbonyl (C=O) groups is 2. The summed E-state index contributed by atoms with van der Waals surface area (Å²) in [5.74, 6) is 0.622. The first-order valence-corrected chi connectivity index (χ1v) is 8.79. The topological polar surface area (TPSA) is 72.6 Å². The Balaban J connectivity index is 1.77. The molecule has 1 fully saturated rings. The van der Waals surface area contributed by atoms with E-state index < -0.39 is 11.7 Å². The molecule has 2 aromatic rings. The summed E-state index contributed by atoms with van der Waals surface area (Å²) >= 11 is 11.9. The molecule has 0 spiro atoms. The van der Waals surface area contributed by atoms with Gasteiger partial charge in [0.25, 0.3) is 0 Å². The summed E-state index contributed by atoms with van der Waals surface area (Å²) in [5.41, 5.74) is 0.207. The van der Waals surface area contributed by atoms with Crippen LogP contribution in [-0.4, -0.2) is 22.6 Å². The molecule has 1 aliphatic carbocycles. The van der Waals surface area contributed by atoms with Gasteiger partial charge in [-0.05, 0) is 25.0 Å². The number of anilines is 1.